The summed E-state index contributed by atoms with van der Waals surface area (Å²) in [4.78, 5) is 11.8. The second-order valence-corrected chi connectivity index (χ2v) is 7.50. The number of carbonyl (C=O) groups excluding carboxylic acids is 1. The first-order valence-corrected chi connectivity index (χ1v) is 8.42. The van der Waals surface area contributed by atoms with Gasteiger partial charge in [-0.2, -0.15) is 10.5 Å². The van der Waals surface area contributed by atoms with Crippen molar-refractivity contribution < 1.29 is 9.53 Å². The average molecular weight is 367 g/mol. The molecule has 6 heteroatoms. The average Bonchev–Trinajstić information content (AvgIpc) is 2.58. The van der Waals surface area contributed by atoms with E-state index < -0.39 is 15.7 Å². The SMILES string of the molecule is CC(C)(C#N)C(CCCCOC(=O)c1ccccc1)C(Cl)(Cl)C#N. The minimum atomic E-state index is -1.63. The molecule has 1 aromatic rings. The standard InChI is InChI=1S/C18H20Cl2N2O2/c1-17(2,12-21)15(18(19,20)13-22)10-6-7-11-24-16(23)14-8-4-3-5-9-14/h3-5,8-9,15H,6-7,10-11H2,1-2H3. The lowest BCUT2D eigenvalue weighted by molar-refractivity contribution is 0.0495. The Balaban J connectivity index is 2.48. The van der Waals surface area contributed by atoms with Crippen LogP contribution >= 0.6 is 23.2 Å². The summed E-state index contributed by atoms with van der Waals surface area (Å²) in [7, 11) is 0. The molecular formula is C18H20Cl2N2O2. The zero-order chi connectivity index (χ0) is 18.2. The maximum Gasteiger partial charge on any atom is 0.338 e. The van der Waals surface area contributed by atoms with E-state index in [-0.39, 0.29) is 12.6 Å². The van der Waals surface area contributed by atoms with Gasteiger partial charge in [0.15, 0.2) is 0 Å². The van der Waals surface area contributed by atoms with E-state index in [2.05, 4.69) is 6.07 Å². The molecule has 0 N–H and O–H groups in total. The van der Waals surface area contributed by atoms with Crippen LogP contribution in [-0.2, 0) is 4.74 Å². The summed E-state index contributed by atoms with van der Waals surface area (Å²) < 4.78 is 3.57. The van der Waals surface area contributed by atoms with Crippen molar-refractivity contribution in [2.45, 2.75) is 37.4 Å². The van der Waals surface area contributed by atoms with Crippen molar-refractivity contribution in [1.29, 1.82) is 10.5 Å². The Morgan fingerprint density at radius 1 is 1.17 bits per heavy atom. The molecule has 0 aliphatic rings. The Morgan fingerprint density at radius 3 is 2.33 bits per heavy atom. The van der Waals surface area contributed by atoms with Crippen molar-refractivity contribution in [2.24, 2.45) is 11.3 Å². The fraction of sp³-hybridized carbons (Fsp3) is 0.500. The molecule has 1 atom stereocenters. The molecule has 0 spiro atoms. The molecular weight excluding hydrogens is 347 g/mol. The molecule has 1 unspecified atom stereocenters. The van der Waals surface area contributed by atoms with Gasteiger partial charge in [0.25, 0.3) is 0 Å². The molecule has 0 amide bonds. The fourth-order valence-electron chi connectivity index (χ4n) is 2.42. The zero-order valence-corrected chi connectivity index (χ0v) is 15.3. The van der Waals surface area contributed by atoms with E-state index in [1.807, 2.05) is 12.1 Å². The monoisotopic (exact) mass is 366 g/mol. The van der Waals surface area contributed by atoms with Crippen LogP contribution < -0.4 is 0 Å². The first kappa shape index (κ1) is 20.3. The molecule has 1 rings (SSSR count). The summed E-state index contributed by atoms with van der Waals surface area (Å²) in [5.41, 5.74) is -0.328. The summed E-state index contributed by atoms with van der Waals surface area (Å²) >= 11 is 12.1. The van der Waals surface area contributed by atoms with Crippen molar-refractivity contribution in [1.82, 2.24) is 0 Å². The van der Waals surface area contributed by atoms with E-state index in [1.165, 1.54) is 0 Å². The number of nitrogens with zero attached hydrogens (tertiary/aromatic N) is 2. The van der Waals surface area contributed by atoms with Gasteiger partial charge < -0.3 is 4.74 Å². The van der Waals surface area contributed by atoms with Crippen molar-refractivity contribution in [2.75, 3.05) is 6.61 Å². The molecule has 0 bridgehead atoms. The largest absolute Gasteiger partial charge is 0.462 e. The van der Waals surface area contributed by atoms with Gasteiger partial charge in [-0.05, 0) is 45.2 Å². The summed E-state index contributed by atoms with van der Waals surface area (Å²) in [6, 6.07) is 12.8. The minimum Gasteiger partial charge on any atom is -0.462 e. The maximum absolute atomic E-state index is 11.8. The maximum atomic E-state index is 11.8. The van der Waals surface area contributed by atoms with E-state index >= 15 is 0 Å². The lowest BCUT2D eigenvalue weighted by atomic mass is 9.75. The summed E-state index contributed by atoms with van der Waals surface area (Å²) in [5, 5.41) is 18.4. The van der Waals surface area contributed by atoms with E-state index in [9.17, 15) is 10.1 Å². The number of carbonyl (C=O) groups is 1. The number of alkyl halides is 2. The minimum absolute atomic E-state index is 0.261. The van der Waals surface area contributed by atoms with Crippen LogP contribution in [0, 0.1) is 34.0 Å². The van der Waals surface area contributed by atoms with Gasteiger partial charge >= 0.3 is 5.97 Å². The molecule has 0 aliphatic carbocycles. The highest BCUT2D eigenvalue weighted by atomic mass is 35.5. The number of benzene rings is 1. The lowest BCUT2D eigenvalue weighted by Crippen LogP contribution is -2.36. The van der Waals surface area contributed by atoms with Gasteiger partial charge in [-0.1, -0.05) is 41.4 Å². The topological polar surface area (TPSA) is 73.9 Å². The van der Waals surface area contributed by atoms with Gasteiger partial charge in [0, 0.05) is 5.92 Å². The zero-order valence-electron chi connectivity index (χ0n) is 13.8. The molecule has 4 nitrogen and oxygen atoms in total. The molecule has 0 aromatic heterocycles. The van der Waals surface area contributed by atoms with Crippen LogP contribution in [0.15, 0.2) is 30.3 Å². The van der Waals surface area contributed by atoms with E-state index in [4.69, 9.17) is 33.2 Å². The van der Waals surface area contributed by atoms with Crippen LogP contribution in [0.4, 0.5) is 0 Å². The van der Waals surface area contributed by atoms with Gasteiger partial charge in [-0.15, -0.1) is 0 Å². The van der Waals surface area contributed by atoms with Crippen LogP contribution in [0.1, 0.15) is 43.5 Å². The highest BCUT2D eigenvalue weighted by Crippen LogP contribution is 2.44. The highest BCUT2D eigenvalue weighted by molar-refractivity contribution is 6.50. The number of hydrogen-bond donors (Lipinski definition) is 0. The second kappa shape index (κ2) is 8.92. The molecule has 24 heavy (non-hydrogen) atoms. The predicted octanol–water partition coefficient (Wildman–Crippen LogP) is 4.88. The van der Waals surface area contributed by atoms with Crippen LogP contribution in [0.3, 0.4) is 0 Å². The van der Waals surface area contributed by atoms with Crippen molar-refractivity contribution in [3.05, 3.63) is 35.9 Å². The van der Waals surface area contributed by atoms with E-state index in [0.29, 0.717) is 24.8 Å². The Labute approximate surface area is 152 Å². The molecule has 0 fully saturated rings. The Hall–Kier alpha value is -1.75. The fourth-order valence-corrected chi connectivity index (χ4v) is 3.19. The number of rotatable bonds is 8. The predicted molar refractivity (Wildman–Crippen MR) is 93.5 cm³/mol. The highest BCUT2D eigenvalue weighted by Gasteiger charge is 2.44. The molecule has 0 aliphatic heterocycles. The summed E-state index contributed by atoms with van der Waals surface area (Å²) in [5.74, 6) is -0.876. The molecule has 0 saturated carbocycles. The van der Waals surface area contributed by atoms with Crippen molar-refractivity contribution in [3.8, 4) is 12.1 Å². The molecule has 1 aromatic carbocycles. The van der Waals surface area contributed by atoms with Gasteiger partial charge in [0.2, 0.25) is 4.33 Å². The molecule has 0 radical (unpaired) electrons. The summed E-state index contributed by atoms with van der Waals surface area (Å²) in [6.07, 6.45) is 1.73. The quantitative estimate of drug-likeness (QED) is 0.373. The van der Waals surface area contributed by atoms with Crippen LogP contribution in [0.2, 0.25) is 0 Å². The number of unbranched alkanes of at least 4 members (excludes halogenated alkanes) is 1. The third-order valence-electron chi connectivity index (χ3n) is 3.88. The number of nitriles is 2. The lowest BCUT2D eigenvalue weighted by Gasteiger charge is -2.33. The van der Waals surface area contributed by atoms with Gasteiger partial charge in [0.1, 0.15) is 6.07 Å². The van der Waals surface area contributed by atoms with Gasteiger partial charge in [0.05, 0.1) is 23.7 Å². The van der Waals surface area contributed by atoms with E-state index in [0.717, 1.165) is 0 Å². The van der Waals surface area contributed by atoms with Gasteiger partial charge in [-0.3, -0.25) is 0 Å². The van der Waals surface area contributed by atoms with Crippen molar-refractivity contribution >= 4 is 29.2 Å². The molecule has 0 saturated heterocycles. The number of esters is 1. The van der Waals surface area contributed by atoms with Crippen LogP contribution in [-0.4, -0.2) is 16.9 Å². The van der Waals surface area contributed by atoms with Crippen LogP contribution in [0.25, 0.3) is 0 Å². The van der Waals surface area contributed by atoms with Crippen molar-refractivity contribution in [3.63, 3.8) is 0 Å². The Kier molecular flexibility index (Phi) is 7.55. The third-order valence-corrected chi connectivity index (χ3v) is 4.57. The second-order valence-electron chi connectivity index (χ2n) is 6.12. The first-order chi connectivity index (χ1) is 11.2. The normalized spacial score (nSPS) is 12.8. The number of halogens is 2. The third kappa shape index (κ3) is 5.71. The smallest absolute Gasteiger partial charge is 0.338 e. The Morgan fingerprint density at radius 2 is 1.79 bits per heavy atom. The van der Waals surface area contributed by atoms with Crippen LogP contribution in [0.5, 0.6) is 0 Å². The first-order valence-electron chi connectivity index (χ1n) is 7.67. The molecule has 128 valence electrons. The number of hydrogen-bond acceptors (Lipinski definition) is 4. The Bertz CT molecular complexity index is 605. The number of ether oxygens (including phenoxy) is 1. The van der Waals surface area contributed by atoms with Gasteiger partial charge in [-0.25, -0.2) is 4.79 Å². The summed E-state index contributed by atoms with van der Waals surface area (Å²) in [6.45, 7) is 3.69. The van der Waals surface area contributed by atoms with E-state index in [1.54, 1.807) is 38.1 Å². The molecule has 0 heterocycles.